The van der Waals surface area contributed by atoms with Gasteiger partial charge in [-0.1, -0.05) is 28.1 Å². The highest BCUT2D eigenvalue weighted by molar-refractivity contribution is 9.10. The first-order chi connectivity index (χ1) is 9.95. The molecule has 2 rings (SSSR count). The molecule has 0 aromatic heterocycles. The van der Waals surface area contributed by atoms with E-state index >= 15 is 0 Å². The lowest BCUT2D eigenvalue weighted by Crippen LogP contribution is -2.34. The fraction of sp³-hybridized carbons (Fsp3) is 0.235. The van der Waals surface area contributed by atoms with E-state index in [2.05, 4.69) is 21.2 Å². The minimum absolute atomic E-state index is 0.00374. The van der Waals surface area contributed by atoms with Crippen LogP contribution >= 0.6 is 15.9 Å². The molecule has 0 saturated carbocycles. The molecule has 1 N–H and O–H groups in total. The number of carbonyl (C=O) groups excluding carboxylic acids is 1. The molecule has 0 aliphatic rings. The summed E-state index contributed by atoms with van der Waals surface area (Å²) in [6.45, 7) is 3.60. The molecular weight excluding hydrogens is 333 g/mol. The van der Waals surface area contributed by atoms with Gasteiger partial charge in [-0.3, -0.25) is 4.79 Å². The summed E-state index contributed by atoms with van der Waals surface area (Å²) < 4.78 is 14.2. The van der Waals surface area contributed by atoms with Crippen molar-refractivity contribution in [2.45, 2.75) is 26.3 Å². The van der Waals surface area contributed by atoms with Gasteiger partial charge in [-0.05, 0) is 61.7 Å². The Labute approximate surface area is 132 Å². The molecule has 2 nitrogen and oxygen atoms in total. The lowest BCUT2D eigenvalue weighted by molar-refractivity contribution is 0.0940. The highest BCUT2D eigenvalue weighted by Gasteiger charge is 2.11. The molecule has 0 bridgehead atoms. The van der Waals surface area contributed by atoms with Gasteiger partial charge in [-0.2, -0.15) is 0 Å². The summed E-state index contributed by atoms with van der Waals surface area (Å²) in [5.74, 6) is -0.475. The number of hydrogen-bond donors (Lipinski definition) is 1. The van der Waals surface area contributed by atoms with Gasteiger partial charge in [-0.25, -0.2) is 4.39 Å². The molecule has 1 atom stereocenters. The van der Waals surface area contributed by atoms with Crippen molar-refractivity contribution in [1.29, 1.82) is 0 Å². The number of hydrogen-bond acceptors (Lipinski definition) is 1. The highest BCUT2D eigenvalue weighted by Crippen LogP contribution is 2.13. The van der Waals surface area contributed by atoms with Gasteiger partial charge in [0.25, 0.3) is 5.91 Å². The predicted molar refractivity (Wildman–Crippen MR) is 85.9 cm³/mol. The summed E-state index contributed by atoms with van der Waals surface area (Å²) in [4.78, 5) is 12.1. The van der Waals surface area contributed by atoms with Crippen LogP contribution < -0.4 is 5.32 Å². The second kappa shape index (κ2) is 6.85. The van der Waals surface area contributed by atoms with Crippen LogP contribution in [0.1, 0.15) is 28.4 Å². The van der Waals surface area contributed by atoms with E-state index < -0.39 is 0 Å². The molecular formula is C17H17BrFNO. The molecule has 0 aliphatic heterocycles. The normalized spacial score (nSPS) is 12.0. The molecule has 2 aromatic carbocycles. The Morgan fingerprint density at radius 1 is 1.24 bits per heavy atom. The molecule has 0 radical (unpaired) electrons. The maximum absolute atomic E-state index is 13.2. The van der Waals surface area contributed by atoms with E-state index in [1.165, 1.54) is 12.1 Å². The number of amides is 1. The van der Waals surface area contributed by atoms with Crippen molar-refractivity contribution in [3.8, 4) is 0 Å². The van der Waals surface area contributed by atoms with Gasteiger partial charge in [0.2, 0.25) is 0 Å². The fourth-order valence-electron chi connectivity index (χ4n) is 2.12. The molecule has 1 unspecified atom stereocenters. The number of nitrogens with one attached hydrogen (secondary N) is 1. The van der Waals surface area contributed by atoms with Crippen LogP contribution in [-0.2, 0) is 6.42 Å². The van der Waals surface area contributed by atoms with Crippen LogP contribution in [-0.4, -0.2) is 11.9 Å². The van der Waals surface area contributed by atoms with E-state index in [4.69, 9.17) is 0 Å². The second-order valence-corrected chi connectivity index (χ2v) is 6.08. The summed E-state index contributed by atoms with van der Waals surface area (Å²) in [5, 5.41) is 2.93. The number of halogens is 2. The molecule has 21 heavy (non-hydrogen) atoms. The summed E-state index contributed by atoms with van der Waals surface area (Å²) in [6.07, 6.45) is 0.749. The zero-order chi connectivity index (χ0) is 15.4. The zero-order valence-electron chi connectivity index (χ0n) is 12.0. The Morgan fingerprint density at radius 3 is 2.52 bits per heavy atom. The second-order valence-electron chi connectivity index (χ2n) is 5.17. The standard InChI is InChI=1S/C17H17BrFNO/c1-11-9-14(5-8-16(11)19)17(21)20-12(2)10-13-3-6-15(18)7-4-13/h3-9,12H,10H2,1-2H3,(H,20,21). The van der Waals surface area contributed by atoms with Crippen LogP contribution in [0.15, 0.2) is 46.9 Å². The molecule has 110 valence electrons. The number of benzene rings is 2. The average Bonchev–Trinajstić information content (AvgIpc) is 2.44. The third kappa shape index (κ3) is 4.39. The third-order valence-electron chi connectivity index (χ3n) is 3.25. The van der Waals surface area contributed by atoms with Crippen LogP contribution in [0.25, 0.3) is 0 Å². The quantitative estimate of drug-likeness (QED) is 0.877. The van der Waals surface area contributed by atoms with E-state index in [-0.39, 0.29) is 17.8 Å². The Morgan fingerprint density at radius 2 is 1.90 bits per heavy atom. The largest absolute Gasteiger partial charge is 0.349 e. The molecule has 0 saturated heterocycles. The summed E-state index contributed by atoms with van der Waals surface area (Å²) in [5.41, 5.74) is 2.11. The molecule has 0 fully saturated rings. The van der Waals surface area contributed by atoms with Crippen LogP contribution in [0.3, 0.4) is 0 Å². The van der Waals surface area contributed by atoms with Gasteiger partial charge >= 0.3 is 0 Å². The van der Waals surface area contributed by atoms with E-state index in [9.17, 15) is 9.18 Å². The predicted octanol–water partition coefficient (Wildman–Crippen LogP) is 4.26. The molecule has 0 spiro atoms. The van der Waals surface area contributed by atoms with Crippen molar-refractivity contribution >= 4 is 21.8 Å². The first kappa shape index (κ1) is 15.7. The van der Waals surface area contributed by atoms with Crippen LogP contribution in [0.5, 0.6) is 0 Å². The van der Waals surface area contributed by atoms with Gasteiger partial charge in [0, 0.05) is 16.1 Å². The van der Waals surface area contributed by atoms with Crippen LogP contribution in [0.4, 0.5) is 4.39 Å². The van der Waals surface area contributed by atoms with Gasteiger partial charge in [0.1, 0.15) is 5.82 Å². The number of aryl methyl sites for hydroxylation is 1. The lowest BCUT2D eigenvalue weighted by atomic mass is 10.1. The summed E-state index contributed by atoms with van der Waals surface area (Å²) in [7, 11) is 0. The molecule has 2 aromatic rings. The van der Waals surface area contributed by atoms with E-state index in [0.717, 1.165) is 16.5 Å². The van der Waals surface area contributed by atoms with E-state index in [1.54, 1.807) is 13.0 Å². The first-order valence-electron chi connectivity index (χ1n) is 6.77. The number of rotatable bonds is 4. The van der Waals surface area contributed by atoms with Gasteiger partial charge in [0.15, 0.2) is 0 Å². The SMILES string of the molecule is Cc1cc(C(=O)NC(C)Cc2ccc(Br)cc2)ccc1F. The van der Waals surface area contributed by atoms with Gasteiger partial charge in [-0.15, -0.1) is 0 Å². The van der Waals surface area contributed by atoms with E-state index in [0.29, 0.717) is 11.1 Å². The van der Waals surface area contributed by atoms with Crippen molar-refractivity contribution in [3.05, 3.63) is 69.4 Å². The Kier molecular flexibility index (Phi) is 5.12. The van der Waals surface area contributed by atoms with Crippen molar-refractivity contribution in [1.82, 2.24) is 5.32 Å². The summed E-state index contributed by atoms with van der Waals surface area (Å²) >= 11 is 3.39. The van der Waals surface area contributed by atoms with Gasteiger partial charge < -0.3 is 5.32 Å². The zero-order valence-corrected chi connectivity index (χ0v) is 13.6. The minimum Gasteiger partial charge on any atom is -0.349 e. The molecule has 4 heteroatoms. The monoisotopic (exact) mass is 349 g/mol. The Balaban J connectivity index is 1.98. The van der Waals surface area contributed by atoms with Crippen LogP contribution in [0, 0.1) is 12.7 Å². The average molecular weight is 350 g/mol. The van der Waals surface area contributed by atoms with Crippen LogP contribution in [0.2, 0.25) is 0 Å². The molecule has 1 amide bonds. The Hall–Kier alpha value is -1.68. The van der Waals surface area contributed by atoms with Crippen molar-refractivity contribution in [3.63, 3.8) is 0 Å². The smallest absolute Gasteiger partial charge is 0.251 e. The number of carbonyl (C=O) groups is 1. The lowest BCUT2D eigenvalue weighted by Gasteiger charge is -2.14. The maximum Gasteiger partial charge on any atom is 0.251 e. The van der Waals surface area contributed by atoms with Crippen molar-refractivity contribution in [2.75, 3.05) is 0 Å². The van der Waals surface area contributed by atoms with Crippen molar-refractivity contribution in [2.24, 2.45) is 0 Å². The molecule has 0 aliphatic carbocycles. The minimum atomic E-state index is -0.297. The van der Waals surface area contributed by atoms with Gasteiger partial charge in [0.05, 0.1) is 0 Å². The van der Waals surface area contributed by atoms with Crippen molar-refractivity contribution < 1.29 is 9.18 Å². The topological polar surface area (TPSA) is 29.1 Å². The van der Waals surface area contributed by atoms with E-state index in [1.807, 2.05) is 31.2 Å². The summed E-state index contributed by atoms with van der Waals surface area (Å²) in [6, 6.07) is 12.4. The fourth-order valence-corrected chi connectivity index (χ4v) is 2.38. The Bertz CT molecular complexity index is 640. The maximum atomic E-state index is 13.2. The highest BCUT2D eigenvalue weighted by atomic mass is 79.9. The first-order valence-corrected chi connectivity index (χ1v) is 7.56. The third-order valence-corrected chi connectivity index (χ3v) is 3.78. The molecule has 0 heterocycles.